The van der Waals surface area contributed by atoms with Crippen LogP contribution in [0.15, 0.2) is 48.5 Å². The van der Waals surface area contributed by atoms with Crippen molar-refractivity contribution in [1.29, 1.82) is 0 Å². The molecule has 158 valence electrons. The van der Waals surface area contributed by atoms with Crippen molar-refractivity contribution in [2.75, 3.05) is 29.9 Å². The molecule has 2 aromatic rings. The number of halogens is 1. The maximum atomic E-state index is 13.2. The van der Waals surface area contributed by atoms with E-state index in [0.717, 1.165) is 17.9 Å². The topological polar surface area (TPSA) is 55.8 Å². The van der Waals surface area contributed by atoms with Gasteiger partial charge < -0.3 is 10.4 Å². The van der Waals surface area contributed by atoms with E-state index in [9.17, 15) is 9.90 Å². The highest BCUT2D eigenvalue weighted by Crippen LogP contribution is 2.49. The molecule has 5 nitrogen and oxygen atoms in total. The van der Waals surface area contributed by atoms with E-state index in [-0.39, 0.29) is 30.6 Å². The summed E-state index contributed by atoms with van der Waals surface area (Å²) in [5.41, 5.74) is 2.85. The lowest BCUT2D eigenvalue weighted by molar-refractivity contribution is -0.0509. The predicted octanol–water partition coefficient (Wildman–Crippen LogP) is 4.71. The van der Waals surface area contributed by atoms with E-state index in [2.05, 4.69) is 16.3 Å². The van der Waals surface area contributed by atoms with E-state index in [4.69, 9.17) is 11.6 Å². The zero-order chi connectivity index (χ0) is 20.7. The molecule has 1 saturated heterocycles. The van der Waals surface area contributed by atoms with Crippen LogP contribution in [0, 0.1) is 5.92 Å². The smallest absolute Gasteiger partial charge is 0.326 e. The normalized spacial score (nSPS) is 26.1. The van der Waals surface area contributed by atoms with Gasteiger partial charge in [-0.1, -0.05) is 42.6 Å². The van der Waals surface area contributed by atoms with Crippen LogP contribution in [0.1, 0.15) is 37.2 Å². The number of nitrogens with one attached hydrogen (secondary N) is 1. The van der Waals surface area contributed by atoms with Gasteiger partial charge in [0.25, 0.3) is 0 Å². The molecule has 6 heteroatoms. The van der Waals surface area contributed by atoms with Gasteiger partial charge in [-0.15, -0.1) is 0 Å². The van der Waals surface area contributed by atoms with E-state index >= 15 is 0 Å². The Bertz CT molecular complexity index is 913. The fourth-order valence-electron chi connectivity index (χ4n) is 5.64. The second kappa shape index (κ2) is 8.22. The van der Waals surface area contributed by atoms with Crippen molar-refractivity contribution in [3.63, 3.8) is 0 Å². The first-order chi connectivity index (χ1) is 14.7. The van der Waals surface area contributed by atoms with Crippen LogP contribution < -0.4 is 10.2 Å². The number of carbonyl (C=O) groups excluding carboxylic acids is 1. The van der Waals surface area contributed by atoms with Crippen molar-refractivity contribution in [3.8, 4) is 0 Å². The highest BCUT2D eigenvalue weighted by Gasteiger charge is 2.53. The minimum Gasteiger partial charge on any atom is -0.395 e. The molecule has 0 spiro atoms. The Morgan fingerprint density at radius 1 is 1.10 bits per heavy atom. The summed E-state index contributed by atoms with van der Waals surface area (Å²) in [5.74, 6) is 1.00. The Balaban J connectivity index is 1.40. The minimum atomic E-state index is -0.128. The van der Waals surface area contributed by atoms with Crippen molar-refractivity contribution in [2.24, 2.45) is 5.92 Å². The highest BCUT2D eigenvalue weighted by atomic mass is 35.5. The Kier molecular flexibility index (Phi) is 5.44. The quantitative estimate of drug-likeness (QED) is 0.745. The maximum absolute atomic E-state index is 13.2. The van der Waals surface area contributed by atoms with Gasteiger partial charge in [-0.05, 0) is 54.7 Å². The first-order valence-electron chi connectivity index (χ1n) is 11.0. The lowest BCUT2D eigenvalue weighted by Crippen LogP contribution is -2.70. The molecule has 5 rings (SSSR count). The molecule has 2 N–H and O–H groups in total. The first-order valence-corrected chi connectivity index (χ1v) is 11.3. The fourth-order valence-corrected chi connectivity index (χ4v) is 5.77. The summed E-state index contributed by atoms with van der Waals surface area (Å²) >= 11 is 5.97. The van der Waals surface area contributed by atoms with Gasteiger partial charge in [0.2, 0.25) is 0 Å². The van der Waals surface area contributed by atoms with Crippen LogP contribution in [0.4, 0.5) is 16.2 Å². The number of para-hydroxylation sites is 1. The van der Waals surface area contributed by atoms with Gasteiger partial charge in [-0.3, -0.25) is 9.80 Å². The van der Waals surface area contributed by atoms with Crippen LogP contribution in [0.2, 0.25) is 5.02 Å². The van der Waals surface area contributed by atoms with Crippen LogP contribution in [-0.4, -0.2) is 47.8 Å². The standard InChI is InChI=1S/C24H28ClN3O2/c25-17-9-11-18(12-10-17)26-24(30)28-14-21-23(19-7-3-4-8-20(19)28)22(15-29)27(21)13-16-5-1-2-6-16/h3-4,7-12,16,21-23,29H,1-2,5-6,13-15H2,(H,26,30)/t21-,22+,23+/m0/s1. The van der Waals surface area contributed by atoms with E-state index in [1.54, 1.807) is 12.1 Å². The molecule has 2 aromatic carbocycles. The monoisotopic (exact) mass is 425 g/mol. The second-order valence-corrected chi connectivity index (χ2v) is 9.23. The van der Waals surface area contributed by atoms with Gasteiger partial charge in [-0.2, -0.15) is 0 Å². The molecule has 3 aliphatic rings. The molecule has 0 aromatic heterocycles. The first kappa shape index (κ1) is 19.9. The Morgan fingerprint density at radius 2 is 1.83 bits per heavy atom. The summed E-state index contributed by atoms with van der Waals surface area (Å²) in [5, 5.41) is 13.8. The molecule has 2 heterocycles. The Labute approximate surface area is 182 Å². The fraction of sp³-hybridized carbons (Fsp3) is 0.458. The molecule has 2 fully saturated rings. The van der Waals surface area contributed by atoms with Crippen LogP contribution in [0.3, 0.4) is 0 Å². The number of rotatable bonds is 4. The average Bonchev–Trinajstić information content (AvgIpc) is 3.27. The van der Waals surface area contributed by atoms with Gasteiger partial charge in [0.1, 0.15) is 0 Å². The predicted molar refractivity (Wildman–Crippen MR) is 120 cm³/mol. The van der Waals surface area contributed by atoms with Crippen LogP contribution in [-0.2, 0) is 0 Å². The third-order valence-corrected chi connectivity index (χ3v) is 7.36. The highest BCUT2D eigenvalue weighted by molar-refractivity contribution is 6.30. The van der Waals surface area contributed by atoms with Gasteiger partial charge in [0.05, 0.1) is 6.61 Å². The summed E-state index contributed by atoms with van der Waals surface area (Å²) in [6.45, 7) is 1.84. The molecule has 2 amide bonds. The number of fused-ring (bicyclic) bond motifs is 3. The third-order valence-electron chi connectivity index (χ3n) is 7.11. The van der Waals surface area contributed by atoms with Crippen molar-refractivity contribution in [3.05, 3.63) is 59.1 Å². The Hall–Kier alpha value is -2.08. The van der Waals surface area contributed by atoms with E-state index < -0.39 is 0 Å². The lowest BCUT2D eigenvalue weighted by atomic mass is 9.71. The number of aliphatic hydroxyl groups excluding tert-OH is 1. The number of benzene rings is 2. The zero-order valence-corrected chi connectivity index (χ0v) is 17.8. The molecule has 0 radical (unpaired) electrons. The van der Waals surface area contributed by atoms with Crippen molar-refractivity contribution < 1.29 is 9.90 Å². The third kappa shape index (κ3) is 3.49. The number of aliphatic hydroxyl groups is 1. The van der Waals surface area contributed by atoms with Gasteiger partial charge in [0.15, 0.2) is 0 Å². The van der Waals surface area contributed by atoms with Crippen molar-refractivity contribution in [1.82, 2.24) is 4.90 Å². The summed E-state index contributed by atoms with van der Waals surface area (Å²) in [6.07, 6.45) is 5.19. The molecular formula is C24H28ClN3O2. The number of carbonyl (C=O) groups is 1. The van der Waals surface area contributed by atoms with Crippen molar-refractivity contribution >= 4 is 29.0 Å². The summed E-state index contributed by atoms with van der Waals surface area (Å²) in [7, 11) is 0. The lowest BCUT2D eigenvalue weighted by Gasteiger charge is -2.59. The van der Waals surface area contributed by atoms with Gasteiger partial charge in [-0.25, -0.2) is 4.79 Å². The molecule has 0 unspecified atom stereocenters. The van der Waals surface area contributed by atoms with Crippen LogP contribution >= 0.6 is 11.6 Å². The van der Waals surface area contributed by atoms with E-state index in [1.807, 2.05) is 35.2 Å². The van der Waals surface area contributed by atoms with Gasteiger partial charge >= 0.3 is 6.03 Å². The zero-order valence-electron chi connectivity index (χ0n) is 17.0. The molecular weight excluding hydrogens is 398 g/mol. The van der Waals surface area contributed by atoms with Crippen molar-refractivity contribution in [2.45, 2.75) is 43.7 Å². The molecule has 3 atom stereocenters. The summed E-state index contributed by atoms with van der Waals surface area (Å²) in [6, 6.07) is 15.6. The maximum Gasteiger partial charge on any atom is 0.326 e. The largest absolute Gasteiger partial charge is 0.395 e. The summed E-state index contributed by atoms with van der Waals surface area (Å²) in [4.78, 5) is 17.5. The van der Waals surface area contributed by atoms with Crippen LogP contribution in [0.5, 0.6) is 0 Å². The number of anilines is 2. The molecule has 1 aliphatic carbocycles. The number of amides is 2. The Morgan fingerprint density at radius 3 is 2.57 bits per heavy atom. The summed E-state index contributed by atoms with van der Waals surface area (Å²) < 4.78 is 0. The molecule has 2 aliphatic heterocycles. The number of hydrogen-bond donors (Lipinski definition) is 2. The number of hydrogen-bond acceptors (Lipinski definition) is 3. The second-order valence-electron chi connectivity index (χ2n) is 8.80. The van der Waals surface area contributed by atoms with Crippen LogP contribution in [0.25, 0.3) is 0 Å². The number of nitrogens with zero attached hydrogens (tertiary/aromatic N) is 2. The number of likely N-dealkylation sites (tertiary alicyclic amines) is 1. The van der Waals surface area contributed by atoms with E-state index in [1.165, 1.54) is 31.2 Å². The molecule has 1 saturated carbocycles. The average molecular weight is 426 g/mol. The molecule has 30 heavy (non-hydrogen) atoms. The van der Waals surface area contributed by atoms with Gasteiger partial charge in [0, 0.05) is 47.5 Å². The van der Waals surface area contributed by atoms with E-state index in [0.29, 0.717) is 17.5 Å². The minimum absolute atomic E-state index is 0.128. The molecule has 0 bridgehead atoms. The SMILES string of the molecule is O=C(Nc1ccc(Cl)cc1)N1C[C@H]2[C@@H](c3ccccc31)[C@@H](CO)N2CC1CCCC1. The number of urea groups is 1.